The third kappa shape index (κ3) is 3.34. The minimum Gasteiger partial charge on any atom is -0.496 e. The van der Waals surface area contributed by atoms with E-state index in [-0.39, 0.29) is 0 Å². The molecule has 0 spiro atoms. The van der Waals surface area contributed by atoms with E-state index in [1.54, 1.807) is 7.11 Å². The lowest BCUT2D eigenvalue weighted by Gasteiger charge is -2.08. The number of rotatable bonds is 5. The Kier molecular flexibility index (Phi) is 4.28. The van der Waals surface area contributed by atoms with Gasteiger partial charge in [-0.3, -0.25) is 0 Å². The topological polar surface area (TPSA) is 60.2 Å². The first kappa shape index (κ1) is 15.1. The summed E-state index contributed by atoms with van der Waals surface area (Å²) >= 11 is 0. The number of aryl methyl sites for hydroxylation is 2. The average Bonchev–Trinajstić information content (AvgIpc) is 3.04. The fourth-order valence-electron chi connectivity index (χ4n) is 2.35. The van der Waals surface area contributed by atoms with Crippen LogP contribution in [0.15, 0.2) is 46.9 Å². The molecule has 5 heteroatoms. The number of aromatic nitrogens is 2. The van der Waals surface area contributed by atoms with E-state index >= 15 is 0 Å². The van der Waals surface area contributed by atoms with E-state index in [2.05, 4.69) is 47.6 Å². The summed E-state index contributed by atoms with van der Waals surface area (Å²) in [5, 5.41) is 11.5. The molecule has 23 heavy (non-hydrogen) atoms. The second-order valence-electron chi connectivity index (χ2n) is 5.37. The number of hydrogen-bond donors (Lipinski definition) is 1. The van der Waals surface area contributed by atoms with Crippen LogP contribution < -0.4 is 10.1 Å². The standard InChI is InChI=1S/C18H19N3O2/c1-12-8-9-13(2)15(10-12)19-11-17-20-21-18(23-17)14-6-4-5-7-16(14)22-3/h4-10,19H,11H2,1-3H3. The van der Waals surface area contributed by atoms with E-state index in [1.807, 2.05) is 24.3 Å². The van der Waals surface area contributed by atoms with Gasteiger partial charge in [-0.05, 0) is 43.2 Å². The quantitative estimate of drug-likeness (QED) is 0.772. The van der Waals surface area contributed by atoms with Crippen LogP contribution in [-0.2, 0) is 6.54 Å². The molecule has 1 aromatic heterocycles. The Labute approximate surface area is 135 Å². The third-order valence-corrected chi connectivity index (χ3v) is 3.63. The lowest BCUT2D eigenvalue weighted by atomic mass is 10.1. The zero-order valence-corrected chi connectivity index (χ0v) is 13.5. The van der Waals surface area contributed by atoms with Crippen molar-refractivity contribution < 1.29 is 9.15 Å². The summed E-state index contributed by atoms with van der Waals surface area (Å²) in [7, 11) is 1.62. The Morgan fingerprint density at radius 2 is 1.91 bits per heavy atom. The van der Waals surface area contributed by atoms with Crippen LogP contribution in [0.1, 0.15) is 17.0 Å². The number of ether oxygens (including phenoxy) is 1. The van der Waals surface area contributed by atoms with Crippen molar-refractivity contribution in [1.82, 2.24) is 10.2 Å². The molecule has 5 nitrogen and oxygen atoms in total. The molecule has 0 fully saturated rings. The van der Waals surface area contributed by atoms with Crippen molar-refractivity contribution in [2.75, 3.05) is 12.4 Å². The molecular formula is C18H19N3O2. The molecule has 0 saturated heterocycles. The van der Waals surface area contributed by atoms with Crippen molar-refractivity contribution in [3.05, 3.63) is 59.5 Å². The highest BCUT2D eigenvalue weighted by Crippen LogP contribution is 2.28. The molecule has 2 aromatic carbocycles. The molecule has 3 aromatic rings. The Balaban J connectivity index is 1.76. The number of nitrogens with zero attached hydrogens (tertiary/aromatic N) is 2. The van der Waals surface area contributed by atoms with Gasteiger partial charge in [0, 0.05) is 5.69 Å². The minimum atomic E-state index is 0.459. The lowest BCUT2D eigenvalue weighted by molar-refractivity contribution is 0.413. The van der Waals surface area contributed by atoms with Gasteiger partial charge in [-0.25, -0.2) is 0 Å². The fourth-order valence-corrected chi connectivity index (χ4v) is 2.35. The summed E-state index contributed by atoms with van der Waals surface area (Å²) in [4.78, 5) is 0. The van der Waals surface area contributed by atoms with E-state index in [1.165, 1.54) is 11.1 Å². The van der Waals surface area contributed by atoms with Crippen molar-refractivity contribution >= 4 is 5.69 Å². The summed E-state index contributed by atoms with van der Waals surface area (Å²) in [5.74, 6) is 1.71. The fraction of sp³-hybridized carbons (Fsp3) is 0.222. The first-order valence-electron chi connectivity index (χ1n) is 7.44. The maximum atomic E-state index is 5.74. The van der Waals surface area contributed by atoms with Crippen molar-refractivity contribution in [3.8, 4) is 17.2 Å². The largest absolute Gasteiger partial charge is 0.496 e. The maximum Gasteiger partial charge on any atom is 0.251 e. The molecule has 0 saturated carbocycles. The minimum absolute atomic E-state index is 0.459. The zero-order valence-electron chi connectivity index (χ0n) is 13.5. The van der Waals surface area contributed by atoms with E-state index in [0.717, 1.165) is 11.3 Å². The van der Waals surface area contributed by atoms with Crippen molar-refractivity contribution in [1.29, 1.82) is 0 Å². The van der Waals surface area contributed by atoms with Gasteiger partial charge in [0.25, 0.3) is 5.89 Å². The Morgan fingerprint density at radius 3 is 2.74 bits per heavy atom. The summed E-state index contributed by atoms with van der Waals surface area (Å²) < 4.78 is 11.1. The lowest BCUT2D eigenvalue weighted by Crippen LogP contribution is -2.01. The highest BCUT2D eigenvalue weighted by atomic mass is 16.5. The average molecular weight is 309 g/mol. The number of methoxy groups -OCH3 is 1. The smallest absolute Gasteiger partial charge is 0.251 e. The second kappa shape index (κ2) is 6.52. The van der Waals surface area contributed by atoms with Gasteiger partial charge in [0.15, 0.2) is 0 Å². The van der Waals surface area contributed by atoms with Gasteiger partial charge in [-0.2, -0.15) is 0 Å². The summed E-state index contributed by atoms with van der Waals surface area (Å²) in [5.41, 5.74) is 4.25. The Bertz CT molecular complexity index is 812. The predicted molar refractivity (Wildman–Crippen MR) is 89.5 cm³/mol. The number of nitrogens with one attached hydrogen (secondary N) is 1. The molecule has 0 amide bonds. The second-order valence-corrected chi connectivity index (χ2v) is 5.37. The molecule has 0 bridgehead atoms. The molecule has 1 heterocycles. The number of benzene rings is 2. The van der Waals surface area contributed by atoms with Gasteiger partial charge in [-0.15, -0.1) is 10.2 Å². The summed E-state index contributed by atoms with van der Waals surface area (Å²) in [6.07, 6.45) is 0. The van der Waals surface area contributed by atoms with Crippen molar-refractivity contribution in [2.24, 2.45) is 0 Å². The Morgan fingerprint density at radius 1 is 1.09 bits per heavy atom. The van der Waals surface area contributed by atoms with Gasteiger partial charge in [0.2, 0.25) is 5.89 Å². The first-order chi connectivity index (χ1) is 11.2. The number of para-hydroxylation sites is 1. The van der Waals surface area contributed by atoms with Gasteiger partial charge in [0.05, 0.1) is 19.2 Å². The van der Waals surface area contributed by atoms with Crippen LogP contribution in [0.2, 0.25) is 0 Å². The van der Waals surface area contributed by atoms with Crippen LogP contribution in [0.4, 0.5) is 5.69 Å². The van der Waals surface area contributed by atoms with Gasteiger partial charge >= 0.3 is 0 Å². The predicted octanol–water partition coefficient (Wildman–Crippen LogP) is 3.97. The molecule has 0 aliphatic heterocycles. The highest BCUT2D eigenvalue weighted by molar-refractivity contribution is 5.62. The first-order valence-corrected chi connectivity index (χ1v) is 7.44. The molecular weight excluding hydrogens is 290 g/mol. The molecule has 118 valence electrons. The molecule has 0 radical (unpaired) electrons. The van der Waals surface area contributed by atoms with Gasteiger partial charge < -0.3 is 14.5 Å². The van der Waals surface area contributed by atoms with E-state index in [4.69, 9.17) is 9.15 Å². The van der Waals surface area contributed by atoms with Crippen molar-refractivity contribution in [2.45, 2.75) is 20.4 Å². The molecule has 3 rings (SSSR count). The van der Waals surface area contributed by atoms with Crippen molar-refractivity contribution in [3.63, 3.8) is 0 Å². The summed E-state index contributed by atoms with van der Waals surface area (Å²) in [6.45, 7) is 4.61. The van der Waals surface area contributed by atoms with E-state index < -0.39 is 0 Å². The van der Waals surface area contributed by atoms with Gasteiger partial charge in [0.1, 0.15) is 5.75 Å². The third-order valence-electron chi connectivity index (χ3n) is 3.63. The zero-order chi connectivity index (χ0) is 16.2. The van der Waals surface area contributed by atoms with E-state index in [9.17, 15) is 0 Å². The van der Waals surface area contributed by atoms with Crippen LogP contribution in [0.25, 0.3) is 11.5 Å². The van der Waals surface area contributed by atoms with Crippen LogP contribution in [-0.4, -0.2) is 17.3 Å². The maximum absolute atomic E-state index is 5.74. The number of hydrogen-bond acceptors (Lipinski definition) is 5. The molecule has 0 unspecified atom stereocenters. The normalized spacial score (nSPS) is 10.6. The van der Waals surface area contributed by atoms with Crippen LogP contribution in [0.3, 0.4) is 0 Å². The molecule has 0 aliphatic carbocycles. The molecule has 0 aliphatic rings. The molecule has 1 N–H and O–H groups in total. The summed E-state index contributed by atoms with van der Waals surface area (Å²) in [6, 6.07) is 13.9. The van der Waals surface area contributed by atoms with Crippen LogP contribution in [0.5, 0.6) is 5.75 Å². The van der Waals surface area contributed by atoms with Crippen LogP contribution in [0, 0.1) is 13.8 Å². The van der Waals surface area contributed by atoms with Crippen LogP contribution >= 0.6 is 0 Å². The SMILES string of the molecule is COc1ccccc1-c1nnc(CNc2cc(C)ccc2C)o1. The van der Waals surface area contributed by atoms with E-state index in [0.29, 0.717) is 24.1 Å². The van der Waals surface area contributed by atoms with Gasteiger partial charge in [-0.1, -0.05) is 24.3 Å². The monoisotopic (exact) mass is 309 g/mol. The highest BCUT2D eigenvalue weighted by Gasteiger charge is 2.13. The molecule has 0 atom stereocenters. The Hall–Kier alpha value is -2.82. The number of anilines is 1.